The number of amides is 3. The van der Waals surface area contributed by atoms with Crippen LogP contribution in [0.3, 0.4) is 0 Å². The third-order valence-corrected chi connectivity index (χ3v) is 1.65. The minimum Gasteiger partial charge on any atom is -0.387 e. The van der Waals surface area contributed by atoms with E-state index in [1.54, 1.807) is 7.05 Å². The molecule has 0 radical (unpaired) electrons. The summed E-state index contributed by atoms with van der Waals surface area (Å²) in [6, 6.07) is -0.330. The van der Waals surface area contributed by atoms with Gasteiger partial charge in [-0.25, -0.2) is 4.79 Å². The summed E-state index contributed by atoms with van der Waals surface area (Å²) in [5.41, 5.74) is 0. The lowest BCUT2D eigenvalue weighted by Gasteiger charge is -2.11. The Morgan fingerprint density at radius 2 is 2.27 bits per heavy atom. The van der Waals surface area contributed by atoms with Crippen molar-refractivity contribution in [3.8, 4) is 0 Å². The second kappa shape index (κ2) is 2.87. The molecule has 0 unspecified atom stereocenters. The van der Waals surface area contributed by atoms with Gasteiger partial charge in [0.25, 0.3) is 5.91 Å². The lowest BCUT2D eigenvalue weighted by atomic mass is 10.5. The quantitative estimate of drug-likeness (QED) is 0.525. The number of hydrogen-bond acceptors (Lipinski definition) is 3. The highest BCUT2D eigenvalue weighted by molar-refractivity contribution is 5.96. The Hall–Kier alpha value is -1.10. The Morgan fingerprint density at radius 1 is 1.64 bits per heavy atom. The zero-order valence-electron chi connectivity index (χ0n) is 6.28. The summed E-state index contributed by atoms with van der Waals surface area (Å²) < 4.78 is 0. The maximum absolute atomic E-state index is 11.0. The van der Waals surface area contributed by atoms with Crippen molar-refractivity contribution in [2.75, 3.05) is 26.7 Å². The molecule has 5 heteroatoms. The second-order valence-electron chi connectivity index (χ2n) is 2.41. The number of carbonyl (C=O) groups is 2. The van der Waals surface area contributed by atoms with Crippen molar-refractivity contribution in [1.82, 2.24) is 9.80 Å². The third kappa shape index (κ3) is 1.32. The van der Waals surface area contributed by atoms with E-state index in [2.05, 4.69) is 0 Å². The molecule has 11 heavy (non-hydrogen) atoms. The van der Waals surface area contributed by atoms with E-state index in [0.717, 1.165) is 4.90 Å². The SMILES string of the molecule is CN1CCN(C(=O)CO)C1=O. The molecule has 0 bridgehead atoms. The predicted octanol–water partition coefficient (Wildman–Crippen LogP) is -1.13. The van der Waals surface area contributed by atoms with Gasteiger partial charge in [0, 0.05) is 20.1 Å². The van der Waals surface area contributed by atoms with Gasteiger partial charge in [-0.2, -0.15) is 0 Å². The van der Waals surface area contributed by atoms with Crippen LogP contribution < -0.4 is 0 Å². The van der Waals surface area contributed by atoms with Crippen molar-refractivity contribution in [1.29, 1.82) is 0 Å². The zero-order valence-corrected chi connectivity index (χ0v) is 6.28. The van der Waals surface area contributed by atoms with Crippen LogP contribution in [-0.4, -0.2) is 53.6 Å². The van der Waals surface area contributed by atoms with Crippen LogP contribution in [0.2, 0.25) is 0 Å². The summed E-state index contributed by atoms with van der Waals surface area (Å²) in [7, 11) is 1.62. The van der Waals surface area contributed by atoms with E-state index >= 15 is 0 Å². The molecule has 1 aliphatic rings. The van der Waals surface area contributed by atoms with Crippen LogP contribution in [0.4, 0.5) is 4.79 Å². The fourth-order valence-electron chi connectivity index (χ4n) is 0.964. The number of urea groups is 1. The predicted molar refractivity (Wildman–Crippen MR) is 36.8 cm³/mol. The number of rotatable bonds is 1. The first kappa shape index (κ1) is 8.00. The van der Waals surface area contributed by atoms with Gasteiger partial charge in [0.2, 0.25) is 0 Å². The van der Waals surface area contributed by atoms with E-state index in [1.165, 1.54) is 4.90 Å². The molecule has 1 N–H and O–H groups in total. The van der Waals surface area contributed by atoms with Gasteiger partial charge in [-0.1, -0.05) is 0 Å². The number of nitrogens with zero attached hydrogens (tertiary/aromatic N) is 2. The van der Waals surface area contributed by atoms with E-state index in [4.69, 9.17) is 5.11 Å². The summed E-state index contributed by atoms with van der Waals surface area (Å²) >= 11 is 0. The normalized spacial score (nSPS) is 17.8. The molecule has 0 spiro atoms. The number of aliphatic hydroxyl groups excluding tert-OH is 1. The molecule has 0 aromatic carbocycles. The van der Waals surface area contributed by atoms with Crippen LogP contribution in [0.1, 0.15) is 0 Å². The molecule has 0 aromatic rings. The molecule has 1 aliphatic heterocycles. The highest BCUT2D eigenvalue weighted by Crippen LogP contribution is 2.05. The van der Waals surface area contributed by atoms with Gasteiger partial charge < -0.3 is 10.0 Å². The molecule has 1 heterocycles. The Kier molecular flexibility index (Phi) is 2.09. The number of likely N-dealkylation sites (N-methyl/N-ethyl adjacent to an activating group) is 1. The summed E-state index contributed by atoms with van der Waals surface area (Å²) in [5, 5.41) is 8.44. The summed E-state index contributed by atoms with van der Waals surface area (Å²) in [4.78, 5) is 24.3. The van der Waals surface area contributed by atoms with Crippen LogP contribution in [-0.2, 0) is 4.79 Å². The van der Waals surface area contributed by atoms with E-state index in [1.807, 2.05) is 0 Å². The fraction of sp³-hybridized carbons (Fsp3) is 0.667. The lowest BCUT2D eigenvalue weighted by Crippen LogP contribution is -2.36. The highest BCUT2D eigenvalue weighted by atomic mass is 16.3. The monoisotopic (exact) mass is 158 g/mol. The third-order valence-electron chi connectivity index (χ3n) is 1.65. The lowest BCUT2D eigenvalue weighted by molar-refractivity contribution is -0.130. The maximum Gasteiger partial charge on any atom is 0.326 e. The van der Waals surface area contributed by atoms with Crippen LogP contribution in [0.5, 0.6) is 0 Å². The van der Waals surface area contributed by atoms with Gasteiger partial charge in [0.05, 0.1) is 0 Å². The van der Waals surface area contributed by atoms with Crippen LogP contribution in [0.25, 0.3) is 0 Å². The molecule has 1 fully saturated rings. The molecule has 5 nitrogen and oxygen atoms in total. The van der Waals surface area contributed by atoms with Gasteiger partial charge >= 0.3 is 6.03 Å². The Morgan fingerprint density at radius 3 is 2.64 bits per heavy atom. The van der Waals surface area contributed by atoms with Crippen molar-refractivity contribution in [2.45, 2.75) is 0 Å². The topological polar surface area (TPSA) is 60.9 Å². The number of imide groups is 1. The largest absolute Gasteiger partial charge is 0.387 e. The first-order valence-electron chi connectivity index (χ1n) is 3.33. The molecule has 0 aromatic heterocycles. The fourth-order valence-corrected chi connectivity index (χ4v) is 0.964. The van der Waals surface area contributed by atoms with Gasteiger partial charge in [-0.15, -0.1) is 0 Å². The Balaban J connectivity index is 2.62. The van der Waals surface area contributed by atoms with Crippen molar-refractivity contribution >= 4 is 11.9 Å². The van der Waals surface area contributed by atoms with Gasteiger partial charge in [0.15, 0.2) is 0 Å². The van der Waals surface area contributed by atoms with Crippen LogP contribution >= 0.6 is 0 Å². The first-order chi connectivity index (χ1) is 5.16. The first-order valence-corrected chi connectivity index (χ1v) is 3.33. The van der Waals surface area contributed by atoms with E-state index in [9.17, 15) is 9.59 Å². The average molecular weight is 158 g/mol. The van der Waals surface area contributed by atoms with Crippen molar-refractivity contribution < 1.29 is 14.7 Å². The van der Waals surface area contributed by atoms with Gasteiger partial charge in [0.1, 0.15) is 6.61 Å². The van der Waals surface area contributed by atoms with Crippen LogP contribution in [0, 0.1) is 0 Å². The molecule has 1 saturated heterocycles. The van der Waals surface area contributed by atoms with E-state index < -0.39 is 12.5 Å². The average Bonchev–Trinajstić information content (AvgIpc) is 2.32. The number of carbonyl (C=O) groups excluding carboxylic acids is 2. The van der Waals surface area contributed by atoms with Gasteiger partial charge in [-0.05, 0) is 0 Å². The zero-order chi connectivity index (χ0) is 8.43. The van der Waals surface area contributed by atoms with E-state index in [-0.39, 0.29) is 6.03 Å². The Bertz CT molecular complexity index is 192. The van der Waals surface area contributed by atoms with Crippen LogP contribution in [0.15, 0.2) is 0 Å². The molecule has 1 rings (SSSR count). The smallest absolute Gasteiger partial charge is 0.326 e. The molecule has 0 aliphatic carbocycles. The number of aliphatic hydroxyl groups is 1. The minimum absolute atomic E-state index is 0.330. The molecule has 0 atom stereocenters. The van der Waals surface area contributed by atoms with E-state index in [0.29, 0.717) is 13.1 Å². The summed E-state index contributed by atoms with van der Waals surface area (Å²) in [6.07, 6.45) is 0. The molecular formula is C6H10N2O3. The molecule has 0 saturated carbocycles. The molecule has 3 amide bonds. The molecule has 62 valence electrons. The number of hydrogen-bond donors (Lipinski definition) is 1. The Labute approximate surface area is 64.2 Å². The summed E-state index contributed by atoms with van der Waals surface area (Å²) in [6.45, 7) is 0.332. The highest BCUT2D eigenvalue weighted by Gasteiger charge is 2.29. The van der Waals surface area contributed by atoms with Crippen molar-refractivity contribution in [3.05, 3.63) is 0 Å². The summed E-state index contributed by atoms with van der Waals surface area (Å²) in [5.74, 6) is -0.528. The standard InChI is InChI=1S/C6H10N2O3/c1-7-2-3-8(6(7)11)5(10)4-9/h9H,2-4H2,1H3. The minimum atomic E-state index is -0.598. The second-order valence-corrected chi connectivity index (χ2v) is 2.41. The van der Waals surface area contributed by atoms with Crippen molar-refractivity contribution in [2.24, 2.45) is 0 Å². The molecular weight excluding hydrogens is 148 g/mol. The van der Waals surface area contributed by atoms with Gasteiger partial charge in [-0.3, -0.25) is 9.69 Å². The van der Waals surface area contributed by atoms with Crippen molar-refractivity contribution in [3.63, 3.8) is 0 Å². The maximum atomic E-state index is 11.0.